The summed E-state index contributed by atoms with van der Waals surface area (Å²) in [6, 6.07) is 20.5. The Hall–Kier alpha value is -1.11. The Morgan fingerprint density at radius 1 is 0.593 bits per heavy atom. The Balaban J connectivity index is 0.000000270. The Bertz CT molecular complexity index is 567. The molecular formula is C26H24Ti+2. The van der Waals surface area contributed by atoms with Crippen LogP contribution in [0.25, 0.3) is 5.57 Å². The van der Waals surface area contributed by atoms with Gasteiger partial charge < -0.3 is 6.92 Å². The minimum atomic E-state index is 0. The fraction of sp³-hybridized carbons (Fsp3) is 0.0385. The van der Waals surface area contributed by atoms with Crippen molar-refractivity contribution in [1.29, 1.82) is 0 Å². The zero-order valence-corrected chi connectivity index (χ0v) is 17.0. The molecule has 2 aliphatic rings. The molecule has 2 aromatic carbocycles. The molecule has 10 radical (unpaired) electrons. The van der Waals surface area contributed by atoms with Crippen LogP contribution in [-0.4, -0.2) is 0 Å². The van der Waals surface area contributed by atoms with Crippen molar-refractivity contribution in [2.45, 2.75) is 6.42 Å². The maximum absolute atomic E-state index is 3.96. The predicted molar refractivity (Wildman–Crippen MR) is 112 cm³/mol. The average Bonchev–Trinajstić information content (AvgIpc) is 3.46. The minimum Gasteiger partial charge on any atom is -0.341 e. The van der Waals surface area contributed by atoms with Crippen molar-refractivity contribution in [1.82, 2.24) is 0 Å². The smallest absolute Gasteiger partial charge is 0.341 e. The van der Waals surface area contributed by atoms with Crippen molar-refractivity contribution in [3.8, 4) is 0 Å². The van der Waals surface area contributed by atoms with Crippen LogP contribution >= 0.6 is 0 Å². The summed E-state index contributed by atoms with van der Waals surface area (Å²) < 4.78 is 0. The van der Waals surface area contributed by atoms with Crippen LogP contribution in [0.3, 0.4) is 0 Å². The first-order chi connectivity index (χ1) is 12.9. The third-order valence-electron chi connectivity index (χ3n) is 3.55. The molecule has 0 aromatic heterocycles. The van der Waals surface area contributed by atoms with Crippen molar-refractivity contribution in [3.05, 3.63) is 149 Å². The van der Waals surface area contributed by atoms with E-state index in [0.717, 1.165) is 17.6 Å². The van der Waals surface area contributed by atoms with Gasteiger partial charge in [0.2, 0.25) is 0 Å². The molecule has 0 amide bonds. The van der Waals surface area contributed by atoms with Crippen LogP contribution in [0, 0.1) is 77.2 Å². The monoisotopic (exact) mass is 384 g/mol. The van der Waals surface area contributed by atoms with Crippen molar-refractivity contribution in [2.75, 3.05) is 0 Å². The van der Waals surface area contributed by atoms with Gasteiger partial charge in [0, 0.05) is 0 Å². The topological polar surface area (TPSA) is 0 Å². The summed E-state index contributed by atoms with van der Waals surface area (Å²) in [6.07, 6.45) is 24.1. The van der Waals surface area contributed by atoms with Crippen LogP contribution in [0.1, 0.15) is 17.5 Å². The molecule has 0 bridgehead atoms. The number of benzene rings is 2. The molecule has 0 saturated heterocycles. The molecule has 2 aliphatic carbocycles. The van der Waals surface area contributed by atoms with Gasteiger partial charge in [0.1, 0.15) is 0 Å². The molecule has 1 heteroatoms. The zero-order valence-electron chi connectivity index (χ0n) is 15.5. The van der Waals surface area contributed by atoms with E-state index in [-0.39, 0.29) is 21.7 Å². The van der Waals surface area contributed by atoms with Crippen LogP contribution in [0.5, 0.6) is 0 Å². The maximum atomic E-state index is 3.96. The minimum absolute atomic E-state index is 0. The summed E-state index contributed by atoms with van der Waals surface area (Å²) in [5.41, 5.74) is 3.44. The van der Waals surface area contributed by atoms with Crippen LogP contribution in [0.2, 0.25) is 0 Å². The summed E-state index contributed by atoms with van der Waals surface area (Å²) in [5.74, 6) is 0. The van der Waals surface area contributed by atoms with Gasteiger partial charge in [-0.05, 0) is 64.2 Å². The fourth-order valence-electron chi connectivity index (χ4n) is 2.26. The van der Waals surface area contributed by atoms with Gasteiger partial charge in [-0.25, -0.2) is 0 Å². The third kappa shape index (κ3) is 10.7. The van der Waals surface area contributed by atoms with Gasteiger partial charge in [-0.15, -0.1) is 35.9 Å². The molecule has 130 valence electrons. The standard InChI is InChI=1S/C16H14.2C5H5.Ti/c1-2-15(16-11-7-4-8-12-16)13-14-9-5-3-6-10-14;2*1-2-4-5-3-1;/h3-12H,1-2H2;2*1-5H;/q-2;;;+4. The molecule has 0 N–H and O–H groups in total. The SMILES string of the molecule is [CH2-]CC(=[C-]c1ccccc1)c1ccccc1.[CH]1[CH][CH][CH][CH]1.[CH]1[CH][CH][CH][CH]1.[Ti+4]. The zero-order chi connectivity index (χ0) is 18.3. The Morgan fingerprint density at radius 3 is 1.33 bits per heavy atom. The molecule has 0 nitrogen and oxygen atoms in total. The normalized spacial score (nSPS) is 15.7. The van der Waals surface area contributed by atoms with Crippen molar-refractivity contribution < 1.29 is 21.7 Å². The first-order valence-electron chi connectivity index (χ1n) is 8.76. The fourth-order valence-corrected chi connectivity index (χ4v) is 2.26. The Labute approximate surface area is 182 Å². The van der Waals surface area contributed by atoms with Gasteiger partial charge in [-0.1, -0.05) is 42.0 Å². The summed E-state index contributed by atoms with van der Waals surface area (Å²) in [5, 5.41) is 0. The average molecular weight is 384 g/mol. The largest absolute Gasteiger partial charge is 4.00 e. The van der Waals surface area contributed by atoms with Crippen LogP contribution in [-0.2, 0) is 21.7 Å². The van der Waals surface area contributed by atoms with Gasteiger partial charge in [0.15, 0.2) is 0 Å². The molecule has 0 unspecified atom stereocenters. The molecule has 4 rings (SSSR count). The van der Waals surface area contributed by atoms with E-state index in [1.54, 1.807) is 0 Å². The van der Waals surface area contributed by atoms with Gasteiger partial charge in [-0.3, -0.25) is 0 Å². The second kappa shape index (κ2) is 15.9. The number of hydrogen-bond donors (Lipinski definition) is 0. The number of hydrogen-bond acceptors (Lipinski definition) is 0. The summed E-state index contributed by atoms with van der Waals surface area (Å²) >= 11 is 0. The maximum Gasteiger partial charge on any atom is 4.00 e. The van der Waals surface area contributed by atoms with E-state index >= 15 is 0 Å². The molecule has 0 heterocycles. The van der Waals surface area contributed by atoms with E-state index in [4.69, 9.17) is 0 Å². The molecule has 27 heavy (non-hydrogen) atoms. The quantitative estimate of drug-likeness (QED) is 0.336. The Kier molecular flexibility index (Phi) is 14.1. The van der Waals surface area contributed by atoms with Gasteiger partial charge in [-0.2, -0.15) is 12.0 Å². The molecule has 2 aromatic rings. The van der Waals surface area contributed by atoms with Crippen LogP contribution in [0.15, 0.2) is 60.7 Å². The van der Waals surface area contributed by atoms with Crippen molar-refractivity contribution in [2.24, 2.45) is 0 Å². The summed E-state index contributed by atoms with van der Waals surface area (Å²) in [6.45, 7) is 3.96. The molecule has 0 atom stereocenters. The van der Waals surface area contributed by atoms with E-state index < -0.39 is 0 Å². The predicted octanol–water partition coefficient (Wildman–Crippen LogP) is 6.19. The van der Waals surface area contributed by atoms with E-state index in [1.807, 2.05) is 101 Å². The molecule has 2 fully saturated rings. The van der Waals surface area contributed by atoms with Crippen molar-refractivity contribution in [3.63, 3.8) is 0 Å². The summed E-state index contributed by atoms with van der Waals surface area (Å²) in [7, 11) is 0. The van der Waals surface area contributed by atoms with Gasteiger partial charge in [0.25, 0.3) is 0 Å². The van der Waals surface area contributed by atoms with E-state index in [1.165, 1.54) is 5.56 Å². The summed E-state index contributed by atoms with van der Waals surface area (Å²) in [4.78, 5) is 0. The molecule has 0 aliphatic heterocycles. The first kappa shape index (κ1) is 23.9. The second-order valence-corrected chi connectivity index (χ2v) is 5.51. The van der Waals surface area contributed by atoms with Gasteiger partial charge in [0.05, 0.1) is 0 Å². The van der Waals surface area contributed by atoms with Gasteiger partial charge >= 0.3 is 21.7 Å². The van der Waals surface area contributed by atoms with E-state index in [9.17, 15) is 0 Å². The Morgan fingerprint density at radius 2 is 0.963 bits per heavy atom. The number of allylic oxidation sites excluding steroid dienone is 1. The van der Waals surface area contributed by atoms with E-state index in [0.29, 0.717) is 0 Å². The first-order valence-corrected chi connectivity index (χ1v) is 8.76. The molecule has 2 saturated carbocycles. The second-order valence-electron chi connectivity index (χ2n) is 5.51. The van der Waals surface area contributed by atoms with Crippen molar-refractivity contribution >= 4 is 5.57 Å². The van der Waals surface area contributed by atoms with Crippen LogP contribution in [0.4, 0.5) is 0 Å². The van der Waals surface area contributed by atoms with Crippen LogP contribution < -0.4 is 0 Å². The molecular weight excluding hydrogens is 360 g/mol. The van der Waals surface area contributed by atoms with E-state index in [2.05, 4.69) is 37.3 Å². The third-order valence-corrected chi connectivity index (χ3v) is 3.55. The molecule has 0 spiro atoms. The number of rotatable bonds is 3.